The zero-order valence-electron chi connectivity index (χ0n) is 9.08. The number of aryl methyl sites for hydroxylation is 2. The van der Waals surface area contributed by atoms with Gasteiger partial charge in [-0.2, -0.15) is 0 Å². The third-order valence-electron chi connectivity index (χ3n) is 2.53. The van der Waals surface area contributed by atoms with Crippen LogP contribution in [-0.2, 0) is 0 Å². The van der Waals surface area contributed by atoms with Crippen LogP contribution in [0.15, 0.2) is 39.4 Å². The quantitative estimate of drug-likeness (QED) is 0.781. The van der Waals surface area contributed by atoms with Crippen molar-refractivity contribution in [3.63, 3.8) is 0 Å². The van der Waals surface area contributed by atoms with Crippen LogP contribution in [0, 0.1) is 13.8 Å². The van der Waals surface area contributed by atoms with Crippen LogP contribution < -0.4 is 0 Å². The van der Waals surface area contributed by atoms with E-state index in [-0.39, 0.29) is 5.78 Å². The maximum Gasteiger partial charge on any atom is 0.229 e. The molecule has 82 valence electrons. The molecule has 16 heavy (non-hydrogen) atoms. The molecule has 0 N–H and O–H groups in total. The summed E-state index contributed by atoms with van der Waals surface area (Å²) in [5.41, 5.74) is 2.65. The van der Waals surface area contributed by atoms with Gasteiger partial charge >= 0.3 is 0 Å². The summed E-state index contributed by atoms with van der Waals surface area (Å²) < 4.78 is 5.89. The number of benzene rings is 1. The third-order valence-corrected chi connectivity index (χ3v) is 3.16. The van der Waals surface area contributed by atoms with Crippen molar-refractivity contribution in [3.8, 4) is 0 Å². The lowest BCUT2D eigenvalue weighted by Gasteiger charge is -2.06. The number of ketones is 1. The molecule has 0 bridgehead atoms. The number of carbonyl (C=O) groups is 1. The maximum atomic E-state index is 12.2. The van der Waals surface area contributed by atoms with E-state index in [4.69, 9.17) is 4.42 Å². The molecule has 3 heteroatoms. The summed E-state index contributed by atoms with van der Waals surface area (Å²) in [5, 5.41) is 0. The molecule has 2 aromatic rings. The van der Waals surface area contributed by atoms with Gasteiger partial charge in [0.1, 0.15) is 0 Å². The van der Waals surface area contributed by atoms with E-state index < -0.39 is 0 Å². The van der Waals surface area contributed by atoms with E-state index in [1.165, 1.54) is 6.26 Å². The van der Waals surface area contributed by atoms with Gasteiger partial charge in [0.15, 0.2) is 5.76 Å². The predicted octanol–water partition coefficient (Wildman–Crippen LogP) is 3.89. The van der Waals surface area contributed by atoms with Gasteiger partial charge in [0.05, 0.1) is 10.7 Å². The molecule has 0 aliphatic carbocycles. The van der Waals surface area contributed by atoms with Crippen LogP contribution in [0.4, 0.5) is 0 Å². The number of halogens is 1. The normalized spacial score (nSPS) is 10.4. The summed E-state index contributed by atoms with van der Waals surface area (Å²) in [6, 6.07) is 7.52. The van der Waals surface area contributed by atoms with Gasteiger partial charge in [0.2, 0.25) is 5.78 Å². The minimum atomic E-state index is -0.0764. The highest BCUT2D eigenvalue weighted by atomic mass is 79.9. The second-order valence-corrected chi connectivity index (χ2v) is 4.55. The SMILES string of the molecule is Cc1cccc(C)c1C(=O)c1occc1Br. The molecule has 0 aliphatic heterocycles. The molecule has 0 aliphatic rings. The number of furan rings is 1. The van der Waals surface area contributed by atoms with Gasteiger partial charge in [-0.25, -0.2) is 0 Å². The van der Waals surface area contributed by atoms with E-state index in [1.54, 1.807) is 6.07 Å². The molecule has 0 atom stereocenters. The zero-order valence-corrected chi connectivity index (χ0v) is 10.7. The van der Waals surface area contributed by atoms with Crippen molar-refractivity contribution >= 4 is 21.7 Å². The molecule has 0 spiro atoms. The average molecular weight is 279 g/mol. The lowest BCUT2D eigenvalue weighted by Crippen LogP contribution is -2.05. The van der Waals surface area contributed by atoms with Crippen molar-refractivity contribution in [2.75, 3.05) is 0 Å². The van der Waals surface area contributed by atoms with Crippen molar-refractivity contribution in [2.24, 2.45) is 0 Å². The minimum absolute atomic E-state index is 0.0764. The third kappa shape index (κ3) is 1.83. The monoisotopic (exact) mass is 278 g/mol. The van der Waals surface area contributed by atoms with Crippen LogP contribution in [0.1, 0.15) is 27.2 Å². The maximum absolute atomic E-state index is 12.2. The van der Waals surface area contributed by atoms with Gasteiger partial charge in [-0.05, 0) is 47.0 Å². The van der Waals surface area contributed by atoms with Crippen LogP contribution >= 0.6 is 15.9 Å². The smallest absolute Gasteiger partial charge is 0.229 e. The zero-order chi connectivity index (χ0) is 11.7. The van der Waals surface area contributed by atoms with Crippen LogP contribution in [0.25, 0.3) is 0 Å². The van der Waals surface area contributed by atoms with Crippen LogP contribution in [-0.4, -0.2) is 5.78 Å². The molecule has 1 aromatic carbocycles. The highest BCUT2D eigenvalue weighted by Gasteiger charge is 2.19. The molecule has 0 unspecified atom stereocenters. The summed E-state index contributed by atoms with van der Waals surface area (Å²) in [4.78, 5) is 12.2. The van der Waals surface area contributed by atoms with Crippen LogP contribution in [0.2, 0.25) is 0 Å². The second-order valence-electron chi connectivity index (χ2n) is 3.69. The Morgan fingerprint density at radius 3 is 2.31 bits per heavy atom. The average Bonchev–Trinajstić information content (AvgIpc) is 2.64. The van der Waals surface area contributed by atoms with E-state index in [0.717, 1.165) is 16.7 Å². The van der Waals surface area contributed by atoms with E-state index in [9.17, 15) is 4.79 Å². The topological polar surface area (TPSA) is 30.2 Å². The van der Waals surface area contributed by atoms with Crippen LogP contribution in [0.3, 0.4) is 0 Å². The van der Waals surface area contributed by atoms with E-state index in [0.29, 0.717) is 10.2 Å². The molecule has 0 saturated heterocycles. The Kier molecular flexibility index (Phi) is 2.97. The lowest BCUT2D eigenvalue weighted by molar-refractivity contribution is 0.101. The summed E-state index contributed by atoms with van der Waals surface area (Å²) in [6.07, 6.45) is 1.50. The number of carbonyl (C=O) groups excluding carboxylic acids is 1. The number of rotatable bonds is 2. The highest BCUT2D eigenvalue weighted by molar-refractivity contribution is 9.10. The fraction of sp³-hybridized carbons (Fsp3) is 0.154. The Labute approximate surface area is 102 Å². The standard InChI is InChI=1S/C13H11BrO2/c1-8-4-3-5-9(2)11(8)12(15)13-10(14)6-7-16-13/h3-7H,1-2H3. The molecule has 0 fully saturated rings. The Bertz CT molecular complexity index is 520. The molecular formula is C13H11BrO2. The van der Waals surface area contributed by atoms with Crippen molar-refractivity contribution in [3.05, 3.63) is 57.5 Å². The number of hydrogen-bond donors (Lipinski definition) is 0. The Morgan fingerprint density at radius 2 is 1.81 bits per heavy atom. The summed E-state index contributed by atoms with van der Waals surface area (Å²) in [7, 11) is 0. The second kappa shape index (κ2) is 4.26. The summed E-state index contributed by atoms with van der Waals surface area (Å²) in [5.74, 6) is 0.282. The number of hydrogen-bond acceptors (Lipinski definition) is 2. The molecule has 1 aromatic heterocycles. The minimum Gasteiger partial charge on any atom is -0.460 e. The first-order valence-corrected chi connectivity index (χ1v) is 5.74. The van der Waals surface area contributed by atoms with Gasteiger partial charge in [-0.15, -0.1) is 0 Å². The molecule has 2 nitrogen and oxygen atoms in total. The van der Waals surface area contributed by atoms with Gasteiger partial charge < -0.3 is 4.42 Å². The fourth-order valence-electron chi connectivity index (χ4n) is 1.74. The highest BCUT2D eigenvalue weighted by Crippen LogP contribution is 2.24. The van der Waals surface area contributed by atoms with Gasteiger partial charge in [0.25, 0.3) is 0 Å². The van der Waals surface area contributed by atoms with Crippen molar-refractivity contribution in [2.45, 2.75) is 13.8 Å². The summed E-state index contributed by atoms with van der Waals surface area (Å²) >= 11 is 3.30. The van der Waals surface area contributed by atoms with Crippen LogP contribution in [0.5, 0.6) is 0 Å². The van der Waals surface area contributed by atoms with E-state index in [2.05, 4.69) is 15.9 Å². The molecule has 0 radical (unpaired) electrons. The first-order chi connectivity index (χ1) is 7.61. The fourth-order valence-corrected chi connectivity index (χ4v) is 2.12. The summed E-state index contributed by atoms with van der Waals surface area (Å²) in [6.45, 7) is 3.86. The molecule has 0 amide bonds. The van der Waals surface area contributed by atoms with Crippen molar-refractivity contribution < 1.29 is 9.21 Å². The molecule has 0 saturated carbocycles. The lowest BCUT2D eigenvalue weighted by atomic mass is 9.98. The van der Waals surface area contributed by atoms with Gasteiger partial charge in [-0.1, -0.05) is 18.2 Å². The molecular weight excluding hydrogens is 268 g/mol. The Hall–Kier alpha value is -1.35. The Balaban J connectivity index is 2.54. The van der Waals surface area contributed by atoms with Crippen molar-refractivity contribution in [1.29, 1.82) is 0 Å². The predicted molar refractivity (Wildman–Crippen MR) is 65.8 cm³/mol. The molecule has 2 rings (SSSR count). The van der Waals surface area contributed by atoms with Crippen molar-refractivity contribution in [1.82, 2.24) is 0 Å². The first-order valence-electron chi connectivity index (χ1n) is 4.95. The van der Waals surface area contributed by atoms with Gasteiger partial charge in [-0.3, -0.25) is 4.79 Å². The van der Waals surface area contributed by atoms with Gasteiger partial charge in [0, 0.05) is 5.56 Å². The largest absolute Gasteiger partial charge is 0.460 e. The first kappa shape index (κ1) is 11.1. The van der Waals surface area contributed by atoms with E-state index >= 15 is 0 Å². The molecule has 1 heterocycles. The van der Waals surface area contributed by atoms with E-state index in [1.807, 2.05) is 32.0 Å². The Morgan fingerprint density at radius 1 is 1.19 bits per heavy atom.